The molecule has 0 bridgehead atoms. The fourth-order valence-corrected chi connectivity index (χ4v) is 4.52. The number of carbonyl (C=O) groups excluding carboxylic acids is 3. The molecule has 9 heteroatoms. The molecule has 0 aliphatic heterocycles. The lowest BCUT2D eigenvalue weighted by Crippen LogP contribution is -2.60. The number of carbonyl (C=O) groups is 3. The molecule has 0 heterocycles. The minimum Gasteiger partial charge on any atom is -0.508 e. The van der Waals surface area contributed by atoms with Crippen molar-refractivity contribution < 1.29 is 23.9 Å². The van der Waals surface area contributed by atoms with Crippen molar-refractivity contribution in [1.82, 2.24) is 10.2 Å². The van der Waals surface area contributed by atoms with Gasteiger partial charge in [-0.05, 0) is 52.1 Å². The number of hydrogen-bond donors (Lipinski definition) is 4. The number of nitrogens with one attached hydrogen (secondary N) is 1. The second kappa shape index (κ2) is 11.9. The normalized spacial score (nSPS) is 14.3. The molecule has 0 aliphatic carbocycles. The number of primary amides is 1. The SMILES string of the molecule is CN(C(=O)[C@@H](N)Cc1ccc(F)cc1)[C@H](C(=O)N[C@@H](Cc1ccc(O)c(C(C)(C)C)c1)C(N)=O)C(C)(C)C. The van der Waals surface area contributed by atoms with E-state index >= 15 is 0 Å². The molecule has 2 aromatic rings. The summed E-state index contributed by atoms with van der Waals surface area (Å²) in [4.78, 5) is 40.3. The van der Waals surface area contributed by atoms with Gasteiger partial charge in [0, 0.05) is 13.5 Å². The summed E-state index contributed by atoms with van der Waals surface area (Å²) in [7, 11) is 1.50. The molecule has 0 saturated heterocycles. The highest BCUT2D eigenvalue weighted by molar-refractivity contribution is 5.93. The number of hydrogen-bond acceptors (Lipinski definition) is 5. The Morgan fingerprint density at radius 3 is 2.03 bits per heavy atom. The molecular weight excluding hydrogens is 487 g/mol. The summed E-state index contributed by atoms with van der Waals surface area (Å²) in [6.07, 6.45) is 0.284. The number of nitrogens with two attached hydrogens (primary N) is 2. The van der Waals surface area contributed by atoms with E-state index in [9.17, 15) is 23.9 Å². The van der Waals surface area contributed by atoms with Crippen molar-refractivity contribution in [2.75, 3.05) is 7.05 Å². The van der Waals surface area contributed by atoms with Gasteiger partial charge in [-0.15, -0.1) is 0 Å². The smallest absolute Gasteiger partial charge is 0.243 e. The van der Waals surface area contributed by atoms with Crippen LogP contribution in [0.1, 0.15) is 58.2 Å². The molecule has 0 radical (unpaired) electrons. The maximum atomic E-state index is 13.5. The minimum atomic E-state index is -1.04. The average Bonchev–Trinajstić information content (AvgIpc) is 2.79. The minimum absolute atomic E-state index is 0.114. The lowest BCUT2D eigenvalue weighted by atomic mass is 9.84. The van der Waals surface area contributed by atoms with Crippen LogP contribution in [0.15, 0.2) is 42.5 Å². The predicted octanol–water partition coefficient (Wildman–Crippen LogP) is 2.78. The predicted molar refractivity (Wildman–Crippen MR) is 146 cm³/mol. The molecule has 0 aliphatic rings. The summed E-state index contributed by atoms with van der Waals surface area (Å²) in [5.74, 6) is -1.97. The first-order valence-electron chi connectivity index (χ1n) is 12.6. The van der Waals surface area contributed by atoms with Gasteiger partial charge in [-0.2, -0.15) is 0 Å². The summed E-state index contributed by atoms with van der Waals surface area (Å²) >= 11 is 0. The number of halogens is 1. The number of nitrogens with zero attached hydrogens (tertiary/aromatic N) is 1. The molecule has 2 rings (SSSR count). The van der Waals surface area contributed by atoms with Crippen molar-refractivity contribution in [2.45, 2.75) is 77.9 Å². The van der Waals surface area contributed by atoms with Crippen LogP contribution in [0.3, 0.4) is 0 Å². The number of benzene rings is 2. The first kappa shape index (κ1) is 30.8. The van der Waals surface area contributed by atoms with Crippen LogP contribution in [0.2, 0.25) is 0 Å². The van der Waals surface area contributed by atoms with Crippen molar-refractivity contribution in [2.24, 2.45) is 16.9 Å². The van der Waals surface area contributed by atoms with Crippen molar-refractivity contribution in [1.29, 1.82) is 0 Å². The van der Waals surface area contributed by atoms with Crippen LogP contribution >= 0.6 is 0 Å². The molecule has 0 saturated carbocycles. The van der Waals surface area contributed by atoms with E-state index < -0.39 is 41.3 Å². The summed E-state index contributed by atoms with van der Waals surface area (Å²) in [5, 5.41) is 13.0. The molecule has 0 aromatic heterocycles. The first-order chi connectivity index (χ1) is 17.4. The van der Waals surface area contributed by atoms with Crippen LogP contribution in [0, 0.1) is 11.2 Å². The largest absolute Gasteiger partial charge is 0.508 e. The molecule has 0 unspecified atom stereocenters. The Balaban J connectivity index is 2.24. The summed E-state index contributed by atoms with van der Waals surface area (Å²) in [6, 6.07) is 7.78. The molecular formula is C29H41FN4O4. The van der Waals surface area contributed by atoms with E-state index in [1.807, 2.05) is 20.8 Å². The van der Waals surface area contributed by atoms with Gasteiger partial charge in [-0.25, -0.2) is 4.39 Å². The number of phenolic OH excluding ortho intramolecular Hbond substituents is 1. The second-order valence-electron chi connectivity index (χ2n) is 11.9. The van der Waals surface area contributed by atoms with Gasteiger partial charge in [0.1, 0.15) is 23.7 Å². The Hall–Kier alpha value is -3.46. The summed E-state index contributed by atoms with van der Waals surface area (Å²) in [5.41, 5.74) is 12.9. The van der Waals surface area contributed by atoms with Crippen LogP contribution < -0.4 is 16.8 Å². The summed E-state index contributed by atoms with van der Waals surface area (Å²) in [6.45, 7) is 11.3. The molecule has 0 fully saturated rings. The van der Waals surface area contributed by atoms with E-state index in [0.29, 0.717) is 11.1 Å². The molecule has 6 N–H and O–H groups in total. The van der Waals surface area contributed by atoms with Crippen molar-refractivity contribution >= 4 is 17.7 Å². The Bertz CT molecular complexity index is 1150. The average molecular weight is 529 g/mol. The number of amides is 3. The zero-order valence-electron chi connectivity index (χ0n) is 23.3. The monoisotopic (exact) mass is 528 g/mol. The van der Waals surface area contributed by atoms with Crippen LogP contribution in [0.4, 0.5) is 4.39 Å². The molecule has 2 aromatic carbocycles. The molecule has 0 spiro atoms. The third kappa shape index (κ3) is 8.02. The molecule has 3 atom stereocenters. The highest BCUT2D eigenvalue weighted by atomic mass is 19.1. The first-order valence-corrected chi connectivity index (χ1v) is 12.6. The summed E-state index contributed by atoms with van der Waals surface area (Å²) < 4.78 is 13.2. The van der Waals surface area contributed by atoms with Gasteiger partial charge in [0.15, 0.2) is 0 Å². The lowest BCUT2D eigenvalue weighted by Gasteiger charge is -2.38. The van der Waals surface area contributed by atoms with Crippen molar-refractivity contribution in [3.8, 4) is 5.75 Å². The van der Waals surface area contributed by atoms with Crippen molar-refractivity contribution in [3.05, 3.63) is 65.0 Å². The van der Waals surface area contributed by atoms with Gasteiger partial charge >= 0.3 is 0 Å². The fourth-order valence-electron chi connectivity index (χ4n) is 4.52. The molecule has 8 nitrogen and oxygen atoms in total. The fraction of sp³-hybridized carbons (Fsp3) is 0.483. The van der Waals surface area contributed by atoms with Gasteiger partial charge in [0.05, 0.1) is 6.04 Å². The van der Waals surface area contributed by atoms with E-state index in [2.05, 4.69) is 5.32 Å². The Morgan fingerprint density at radius 2 is 1.53 bits per heavy atom. The van der Waals surface area contributed by atoms with Crippen LogP contribution in [-0.2, 0) is 32.6 Å². The topological polar surface area (TPSA) is 139 Å². The maximum absolute atomic E-state index is 13.5. The number of likely N-dealkylation sites (N-methyl/N-ethyl adjacent to an activating group) is 1. The molecule has 3 amide bonds. The highest BCUT2D eigenvalue weighted by Gasteiger charge is 2.39. The molecule has 208 valence electrons. The number of aromatic hydroxyl groups is 1. The standard InChI is InChI=1S/C29H41FN4O4/c1-28(2,3)20-14-18(10-13-23(20)35)16-22(25(32)36)33-26(37)24(29(4,5)6)34(7)27(38)21(31)15-17-8-11-19(30)12-9-17/h8-14,21-22,24,35H,15-16,31H2,1-7H3,(H2,32,36)(H,33,37)/t21-,22-,24+/m0/s1. The third-order valence-corrected chi connectivity index (χ3v) is 6.46. The van der Waals surface area contributed by atoms with Gasteiger partial charge in [0.25, 0.3) is 0 Å². The van der Waals surface area contributed by atoms with Gasteiger partial charge in [-0.3, -0.25) is 14.4 Å². The quantitative estimate of drug-likeness (QED) is 0.396. The zero-order valence-corrected chi connectivity index (χ0v) is 23.3. The Morgan fingerprint density at radius 1 is 0.974 bits per heavy atom. The maximum Gasteiger partial charge on any atom is 0.243 e. The van der Waals surface area contributed by atoms with Crippen LogP contribution in [0.5, 0.6) is 5.75 Å². The van der Waals surface area contributed by atoms with Crippen LogP contribution in [-0.4, -0.2) is 52.9 Å². The van der Waals surface area contributed by atoms with E-state index in [1.54, 1.807) is 51.1 Å². The van der Waals surface area contributed by atoms with Gasteiger partial charge < -0.3 is 26.8 Å². The van der Waals surface area contributed by atoms with Gasteiger partial charge in [0.2, 0.25) is 17.7 Å². The second-order valence-corrected chi connectivity index (χ2v) is 11.9. The van der Waals surface area contributed by atoms with Crippen LogP contribution in [0.25, 0.3) is 0 Å². The van der Waals surface area contributed by atoms with Crippen molar-refractivity contribution in [3.63, 3.8) is 0 Å². The van der Waals surface area contributed by atoms with E-state index in [0.717, 1.165) is 5.56 Å². The van der Waals surface area contributed by atoms with E-state index in [4.69, 9.17) is 11.5 Å². The Kier molecular flexibility index (Phi) is 9.66. The van der Waals surface area contributed by atoms with E-state index in [-0.39, 0.29) is 29.8 Å². The van der Waals surface area contributed by atoms with Gasteiger partial charge in [-0.1, -0.05) is 65.8 Å². The molecule has 38 heavy (non-hydrogen) atoms. The Labute approximate surface area is 224 Å². The van der Waals surface area contributed by atoms with E-state index in [1.165, 1.54) is 24.1 Å². The lowest BCUT2D eigenvalue weighted by molar-refractivity contribution is -0.144. The number of rotatable bonds is 9. The highest BCUT2D eigenvalue weighted by Crippen LogP contribution is 2.31. The number of phenols is 1. The third-order valence-electron chi connectivity index (χ3n) is 6.46. The zero-order chi connectivity index (χ0) is 29.0.